The molecule has 0 saturated heterocycles. The molecule has 1 aromatic rings. The lowest BCUT2D eigenvalue weighted by Gasteiger charge is -2.20. The first-order chi connectivity index (χ1) is 9.23. The van der Waals surface area contributed by atoms with Crippen molar-refractivity contribution in [2.24, 2.45) is 5.73 Å². The molecule has 1 amide bonds. The number of hydrogen-bond donors (Lipinski definition) is 2. The molecule has 20 heavy (non-hydrogen) atoms. The van der Waals surface area contributed by atoms with Gasteiger partial charge in [-0.25, -0.2) is 9.18 Å². The van der Waals surface area contributed by atoms with E-state index in [0.717, 1.165) is 12.0 Å². The minimum atomic E-state index is -0.667. The Balaban J connectivity index is 2.84. The average molecular weight is 282 g/mol. The number of halogens is 1. The first-order valence-electron chi connectivity index (χ1n) is 6.72. The summed E-state index contributed by atoms with van der Waals surface area (Å²) in [5.74, 6) is -0.278. The Hall–Kier alpha value is -1.62. The number of benzene rings is 1. The molecule has 0 aliphatic carbocycles. The SMILES string of the molecule is CC(CCN)c1ccc(F)c(NC(=O)OC(C)(C)C)c1. The number of nitrogens with two attached hydrogens (primary N) is 1. The molecular weight excluding hydrogens is 259 g/mol. The van der Waals surface area contributed by atoms with Gasteiger partial charge in [0.2, 0.25) is 0 Å². The van der Waals surface area contributed by atoms with E-state index in [9.17, 15) is 9.18 Å². The summed E-state index contributed by atoms with van der Waals surface area (Å²) in [5, 5.41) is 2.44. The summed E-state index contributed by atoms with van der Waals surface area (Å²) in [7, 11) is 0. The van der Waals surface area contributed by atoms with Crippen molar-refractivity contribution in [3.05, 3.63) is 29.6 Å². The van der Waals surface area contributed by atoms with Gasteiger partial charge in [0.25, 0.3) is 0 Å². The lowest BCUT2D eigenvalue weighted by Crippen LogP contribution is -2.27. The zero-order valence-electron chi connectivity index (χ0n) is 12.5. The van der Waals surface area contributed by atoms with Crippen LogP contribution in [0.3, 0.4) is 0 Å². The van der Waals surface area contributed by atoms with Crippen LogP contribution in [0, 0.1) is 5.82 Å². The van der Waals surface area contributed by atoms with E-state index in [1.54, 1.807) is 32.9 Å². The van der Waals surface area contributed by atoms with Crippen LogP contribution in [-0.2, 0) is 4.74 Å². The molecule has 1 aromatic carbocycles. The number of anilines is 1. The molecule has 4 nitrogen and oxygen atoms in total. The van der Waals surface area contributed by atoms with Crippen LogP contribution in [0.5, 0.6) is 0 Å². The van der Waals surface area contributed by atoms with Crippen molar-refractivity contribution in [3.63, 3.8) is 0 Å². The topological polar surface area (TPSA) is 64.3 Å². The third kappa shape index (κ3) is 5.17. The number of ether oxygens (including phenoxy) is 1. The second-order valence-corrected chi connectivity index (χ2v) is 5.84. The fourth-order valence-corrected chi connectivity index (χ4v) is 1.78. The van der Waals surface area contributed by atoms with Gasteiger partial charge in [-0.1, -0.05) is 13.0 Å². The van der Waals surface area contributed by atoms with Crippen LogP contribution in [0.25, 0.3) is 0 Å². The van der Waals surface area contributed by atoms with Crippen LogP contribution >= 0.6 is 0 Å². The maximum Gasteiger partial charge on any atom is 0.412 e. The van der Waals surface area contributed by atoms with E-state index in [2.05, 4.69) is 5.32 Å². The Kier molecular flexibility index (Phi) is 5.51. The normalized spacial score (nSPS) is 12.9. The van der Waals surface area contributed by atoms with Crippen molar-refractivity contribution in [2.45, 2.75) is 45.6 Å². The predicted octanol–water partition coefficient (Wildman–Crippen LogP) is 3.63. The van der Waals surface area contributed by atoms with Crippen molar-refractivity contribution in [3.8, 4) is 0 Å². The highest BCUT2D eigenvalue weighted by Crippen LogP contribution is 2.24. The third-order valence-electron chi connectivity index (χ3n) is 2.79. The number of nitrogens with one attached hydrogen (secondary N) is 1. The molecular formula is C15H23FN2O2. The van der Waals surface area contributed by atoms with Gasteiger partial charge in [-0.2, -0.15) is 0 Å². The molecule has 1 rings (SSSR count). The molecule has 0 spiro atoms. The summed E-state index contributed by atoms with van der Waals surface area (Å²) in [6, 6.07) is 4.67. The summed E-state index contributed by atoms with van der Waals surface area (Å²) in [6.45, 7) is 7.83. The van der Waals surface area contributed by atoms with Gasteiger partial charge < -0.3 is 10.5 Å². The van der Waals surface area contributed by atoms with Gasteiger partial charge in [0.05, 0.1) is 5.69 Å². The number of hydrogen-bond acceptors (Lipinski definition) is 3. The van der Waals surface area contributed by atoms with Crippen molar-refractivity contribution in [1.82, 2.24) is 0 Å². The maximum absolute atomic E-state index is 13.7. The van der Waals surface area contributed by atoms with Crippen molar-refractivity contribution in [1.29, 1.82) is 0 Å². The van der Waals surface area contributed by atoms with Crippen molar-refractivity contribution in [2.75, 3.05) is 11.9 Å². The summed E-state index contributed by atoms with van der Waals surface area (Å²) in [4.78, 5) is 11.7. The molecule has 1 atom stereocenters. The smallest absolute Gasteiger partial charge is 0.412 e. The van der Waals surface area contributed by atoms with Crippen LogP contribution in [-0.4, -0.2) is 18.2 Å². The molecule has 112 valence electrons. The number of carbonyl (C=O) groups is 1. The molecule has 0 bridgehead atoms. The predicted molar refractivity (Wildman–Crippen MR) is 78.3 cm³/mol. The summed E-state index contributed by atoms with van der Waals surface area (Å²) in [5.41, 5.74) is 5.96. The summed E-state index contributed by atoms with van der Waals surface area (Å²) in [6.07, 6.45) is 0.136. The fraction of sp³-hybridized carbons (Fsp3) is 0.533. The largest absolute Gasteiger partial charge is 0.444 e. The highest BCUT2D eigenvalue weighted by molar-refractivity contribution is 5.85. The second-order valence-electron chi connectivity index (χ2n) is 5.84. The summed E-state index contributed by atoms with van der Waals surface area (Å²) >= 11 is 0. The number of rotatable bonds is 4. The molecule has 0 fully saturated rings. The average Bonchev–Trinajstić information content (AvgIpc) is 2.29. The standard InChI is InChI=1S/C15H23FN2O2/c1-10(7-8-17)11-5-6-12(16)13(9-11)18-14(19)20-15(2,3)4/h5-6,9-10H,7-8,17H2,1-4H3,(H,18,19). The monoisotopic (exact) mass is 282 g/mol. The zero-order valence-corrected chi connectivity index (χ0v) is 12.5. The van der Waals surface area contributed by atoms with E-state index in [0.29, 0.717) is 6.54 Å². The van der Waals surface area contributed by atoms with E-state index in [-0.39, 0.29) is 11.6 Å². The van der Waals surface area contributed by atoms with Gasteiger partial charge in [0.15, 0.2) is 0 Å². The van der Waals surface area contributed by atoms with Gasteiger partial charge in [0, 0.05) is 0 Å². The van der Waals surface area contributed by atoms with Gasteiger partial charge >= 0.3 is 6.09 Å². The van der Waals surface area contributed by atoms with E-state index < -0.39 is 17.5 Å². The van der Waals surface area contributed by atoms with E-state index in [1.165, 1.54) is 6.07 Å². The molecule has 5 heteroatoms. The fourth-order valence-electron chi connectivity index (χ4n) is 1.78. The van der Waals surface area contributed by atoms with Crippen LogP contribution in [0.4, 0.5) is 14.9 Å². The van der Waals surface area contributed by atoms with Gasteiger partial charge in [-0.05, 0) is 57.4 Å². The van der Waals surface area contributed by atoms with Crippen LogP contribution in [0.15, 0.2) is 18.2 Å². The minimum Gasteiger partial charge on any atom is -0.444 e. The molecule has 0 radical (unpaired) electrons. The Morgan fingerprint density at radius 1 is 1.45 bits per heavy atom. The van der Waals surface area contributed by atoms with Gasteiger partial charge in [-0.15, -0.1) is 0 Å². The molecule has 3 N–H and O–H groups in total. The second kappa shape index (κ2) is 6.70. The van der Waals surface area contributed by atoms with Crippen LogP contribution in [0.1, 0.15) is 45.6 Å². The highest BCUT2D eigenvalue weighted by atomic mass is 19.1. The Morgan fingerprint density at radius 2 is 2.10 bits per heavy atom. The quantitative estimate of drug-likeness (QED) is 0.886. The molecule has 0 aliphatic rings. The van der Waals surface area contributed by atoms with E-state index in [1.807, 2.05) is 6.92 Å². The molecule has 0 aliphatic heterocycles. The molecule has 1 unspecified atom stereocenters. The van der Waals surface area contributed by atoms with E-state index >= 15 is 0 Å². The van der Waals surface area contributed by atoms with Gasteiger partial charge in [-0.3, -0.25) is 5.32 Å². The van der Waals surface area contributed by atoms with Crippen molar-refractivity contribution < 1.29 is 13.9 Å². The number of carbonyl (C=O) groups excluding carboxylic acids is 1. The Bertz CT molecular complexity index is 469. The zero-order chi connectivity index (χ0) is 15.3. The van der Waals surface area contributed by atoms with Crippen LogP contribution < -0.4 is 11.1 Å². The minimum absolute atomic E-state index is 0.126. The highest BCUT2D eigenvalue weighted by Gasteiger charge is 2.18. The van der Waals surface area contributed by atoms with Crippen molar-refractivity contribution >= 4 is 11.8 Å². The Morgan fingerprint density at radius 3 is 2.65 bits per heavy atom. The lowest BCUT2D eigenvalue weighted by molar-refractivity contribution is 0.0635. The first-order valence-corrected chi connectivity index (χ1v) is 6.72. The van der Waals surface area contributed by atoms with Crippen LogP contribution in [0.2, 0.25) is 0 Å². The van der Waals surface area contributed by atoms with E-state index in [4.69, 9.17) is 10.5 Å². The molecule has 0 aromatic heterocycles. The van der Waals surface area contributed by atoms with Gasteiger partial charge in [0.1, 0.15) is 11.4 Å². The first kappa shape index (κ1) is 16.4. The summed E-state index contributed by atoms with van der Waals surface area (Å²) < 4.78 is 18.8. The maximum atomic E-state index is 13.7. The number of amides is 1. The third-order valence-corrected chi connectivity index (χ3v) is 2.79. The molecule has 0 saturated carbocycles. The lowest BCUT2D eigenvalue weighted by atomic mass is 9.97. The molecule has 0 heterocycles. The Labute approximate surface area is 119 Å².